The van der Waals surface area contributed by atoms with Gasteiger partial charge in [0.1, 0.15) is 0 Å². The molecule has 56 valence electrons. The van der Waals surface area contributed by atoms with Gasteiger partial charge in [0.05, 0.1) is 5.30 Å². The van der Waals surface area contributed by atoms with Crippen LogP contribution >= 0.6 is 7.60 Å². The summed E-state index contributed by atoms with van der Waals surface area (Å²) in [7, 11) is -4.02. The van der Waals surface area contributed by atoms with Gasteiger partial charge in [-0.3, -0.25) is 4.57 Å². The fraction of sp³-hybridized carbons (Fsp3) is 0. The van der Waals surface area contributed by atoms with Crippen LogP contribution in [-0.2, 0) is 4.57 Å². The Morgan fingerprint density at radius 1 is 1.18 bits per heavy atom. The van der Waals surface area contributed by atoms with E-state index in [1.54, 1.807) is 18.2 Å². The summed E-state index contributed by atoms with van der Waals surface area (Å²) in [5, 5.41) is 0.0648. The first kappa shape index (κ1) is 12.2. The van der Waals surface area contributed by atoms with Gasteiger partial charge in [0.2, 0.25) is 0 Å². The second-order valence-electron chi connectivity index (χ2n) is 1.88. The van der Waals surface area contributed by atoms with Crippen LogP contribution < -0.4 is 63.5 Å². The maximum Gasteiger partial charge on any atom is 1.00 e. The molecule has 0 amide bonds. The maximum atomic E-state index is 10.5. The van der Waals surface area contributed by atoms with E-state index in [4.69, 9.17) is 9.79 Å². The Balaban J connectivity index is 0. The molecule has 0 aliphatic rings. The van der Waals surface area contributed by atoms with Crippen molar-refractivity contribution in [2.45, 2.75) is 0 Å². The van der Waals surface area contributed by atoms with Gasteiger partial charge in [0.25, 0.3) is 0 Å². The van der Waals surface area contributed by atoms with E-state index in [9.17, 15) is 4.57 Å². The molecular weight excluding hydrogens is 237 g/mol. The monoisotopic (exact) mass is 244 g/mol. The first-order valence-electron chi connectivity index (χ1n) is 2.72. The number of hydrogen-bond acceptors (Lipinski definition) is 1. The third-order valence-corrected chi connectivity index (χ3v) is 2.06. The molecule has 2 N–H and O–H groups in total. The Morgan fingerprint density at radius 3 is 1.91 bits per heavy atom. The predicted octanol–water partition coefficient (Wildman–Crippen LogP) is -2.39. The molecule has 11 heavy (non-hydrogen) atoms. The summed E-state index contributed by atoms with van der Waals surface area (Å²) in [6.07, 6.45) is 0. The molecule has 0 heterocycles. The van der Waals surface area contributed by atoms with Gasteiger partial charge in [-0.05, 0) is 12.1 Å². The zero-order chi connectivity index (χ0) is 7.61. The third-order valence-electron chi connectivity index (χ3n) is 1.09. The van der Waals surface area contributed by atoms with E-state index < -0.39 is 7.60 Å². The Kier molecular flexibility index (Phi) is 5.56. The standard InChI is InChI=1S/C6H7O3P.Rb.H/c7-10(8,9)6-4-2-1-3-5-6;;/h1-5H,(H2,7,8,9);;/q;+1;-1. The summed E-state index contributed by atoms with van der Waals surface area (Å²) in [6, 6.07) is 7.70. The molecule has 0 spiro atoms. The summed E-state index contributed by atoms with van der Waals surface area (Å²) >= 11 is 0. The first-order chi connectivity index (χ1) is 4.61. The van der Waals surface area contributed by atoms with Gasteiger partial charge in [0.15, 0.2) is 0 Å². The average Bonchev–Trinajstić information content (AvgIpc) is 1.88. The molecule has 0 aromatic heterocycles. The second-order valence-corrected chi connectivity index (χ2v) is 3.48. The molecule has 0 radical (unpaired) electrons. The largest absolute Gasteiger partial charge is 1.00 e. The molecule has 1 aromatic carbocycles. The normalized spacial score (nSPS) is 10.4. The predicted molar refractivity (Wildman–Crippen MR) is 39.2 cm³/mol. The van der Waals surface area contributed by atoms with Gasteiger partial charge < -0.3 is 11.2 Å². The van der Waals surface area contributed by atoms with Gasteiger partial charge in [-0.2, -0.15) is 0 Å². The van der Waals surface area contributed by atoms with Gasteiger partial charge in [-0.15, -0.1) is 0 Å². The third kappa shape index (κ3) is 4.09. The van der Waals surface area contributed by atoms with Crippen molar-refractivity contribution < 1.29 is 74.0 Å². The summed E-state index contributed by atoms with van der Waals surface area (Å²) in [4.78, 5) is 17.2. The van der Waals surface area contributed by atoms with Crippen LogP contribution in [0.4, 0.5) is 0 Å². The van der Waals surface area contributed by atoms with Gasteiger partial charge in [-0.25, -0.2) is 0 Å². The average molecular weight is 245 g/mol. The molecule has 5 heteroatoms. The first-order valence-corrected chi connectivity index (χ1v) is 4.33. The molecule has 0 saturated heterocycles. The van der Waals surface area contributed by atoms with Crippen LogP contribution in [0.1, 0.15) is 1.43 Å². The van der Waals surface area contributed by atoms with Crippen molar-refractivity contribution in [1.82, 2.24) is 0 Å². The van der Waals surface area contributed by atoms with Crippen LogP contribution in [0.2, 0.25) is 0 Å². The minimum Gasteiger partial charge on any atom is -1.00 e. The zero-order valence-corrected chi connectivity index (χ0v) is 11.9. The molecule has 0 aliphatic carbocycles. The Labute approximate surface area is 115 Å². The molecule has 0 aliphatic heterocycles. The van der Waals surface area contributed by atoms with Crippen LogP contribution in [0.25, 0.3) is 0 Å². The Morgan fingerprint density at radius 2 is 1.64 bits per heavy atom. The van der Waals surface area contributed by atoms with Crippen LogP contribution in [0.15, 0.2) is 30.3 Å². The summed E-state index contributed by atoms with van der Waals surface area (Å²) < 4.78 is 10.5. The van der Waals surface area contributed by atoms with Crippen LogP contribution in [0, 0.1) is 0 Å². The fourth-order valence-corrected chi connectivity index (χ4v) is 1.18. The van der Waals surface area contributed by atoms with Gasteiger partial charge in [-0.1, -0.05) is 18.2 Å². The zero-order valence-electron chi connectivity index (χ0n) is 7.14. The molecule has 0 unspecified atom stereocenters. The van der Waals surface area contributed by atoms with Crippen molar-refractivity contribution >= 4 is 12.9 Å². The van der Waals surface area contributed by atoms with Gasteiger partial charge >= 0.3 is 65.8 Å². The topological polar surface area (TPSA) is 57.5 Å². The van der Waals surface area contributed by atoms with Crippen molar-refractivity contribution in [1.29, 1.82) is 0 Å². The minimum atomic E-state index is -4.02. The number of rotatable bonds is 1. The number of benzene rings is 1. The SMILES string of the molecule is O=P(O)(O)c1ccccc1.[H-].[Rb+]. The molecule has 0 fully saturated rings. The maximum absolute atomic E-state index is 10.5. The molecule has 0 bridgehead atoms. The van der Waals surface area contributed by atoms with Gasteiger partial charge in [0, 0.05) is 0 Å². The molecule has 1 rings (SSSR count). The van der Waals surface area contributed by atoms with Crippen LogP contribution in [0.5, 0.6) is 0 Å². The quantitative estimate of drug-likeness (QED) is 0.542. The van der Waals surface area contributed by atoms with Crippen molar-refractivity contribution in [2.24, 2.45) is 0 Å². The van der Waals surface area contributed by atoms with Crippen molar-refractivity contribution in [2.75, 3.05) is 0 Å². The number of hydrogen-bond donors (Lipinski definition) is 2. The van der Waals surface area contributed by atoms with Crippen LogP contribution in [-0.4, -0.2) is 9.79 Å². The molecule has 3 nitrogen and oxygen atoms in total. The van der Waals surface area contributed by atoms with Crippen molar-refractivity contribution in [3.63, 3.8) is 0 Å². The van der Waals surface area contributed by atoms with E-state index in [0.29, 0.717) is 0 Å². The van der Waals surface area contributed by atoms with E-state index in [-0.39, 0.29) is 64.9 Å². The van der Waals surface area contributed by atoms with Crippen molar-refractivity contribution in [3.05, 3.63) is 30.3 Å². The van der Waals surface area contributed by atoms with E-state index in [0.717, 1.165) is 0 Å². The van der Waals surface area contributed by atoms with E-state index in [2.05, 4.69) is 0 Å². The minimum absolute atomic E-state index is 0. The summed E-state index contributed by atoms with van der Waals surface area (Å²) in [5.41, 5.74) is 0. The summed E-state index contributed by atoms with van der Waals surface area (Å²) in [5.74, 6) is 0. The Hall–Kier alpha value is 1.18. The van der Waals surface area contributed by atoms with E-state index in [1.165, 1.54) is 12.1 Å². The smallest absolute Gasteiger partial charge is 1.00 e. The molecule has 1 aromatic rings. The van der Waals surface area contributed by atoms with E-state index >= 15 is 0 Å². The van der Waals surface area contributed by atoms with E-state index in [1.807, 2.05) is 0 Å². The Bertz CT molecular complexity index is 261. The molecular formula is C6H8O3PRb. The summed E-state index contributed by atoms with van der Waals surface area (Å²) in [6.45, 7) is 0. The molecule has 0 saturated carbocycles. The van der Waals surface area contributed by atoms with Crippen LogP contribution in [0.3, 0.4) is 0 Å². The van der Waals surface area contributed by atoms with Crippen molar-refractivity contribution in [3.8, 4) is 0 Å². The molecule has 0 atom stereocenters. The second kappa shape index (κ2) is 5.02. The fourth-order valence-electron chi connectivity index (χ4n) is 0.622.